The summed E-state index contributed by atoms with van der Waals surface area (Å²) in [6.45, 7) is 2.95. The number of piperazine rings is 1. The first-order valence-electron chi connectivity index (χ1n) is 7.53. The summed E-state index contributed by atoms with van der Waals surface area (Å²) >= 11 is 0. The summed E-state index contributed by atoms with van der Waals surface area (Å²) in [5, 5.41) is 11.4. The number of rotatable bonds is 4. The Morgan fingerprint density at radius 3 is 2.39 bits per heavy atom. The van der Waals surface area contributed by atoms with Crippen molar-refractivity contribution in [1.29, 1.82) is 5.26 Å². The number of likely N-dealkylation sites (N-methyl/N-ethyl adjacent to an activating group) is 1. The molecule has 1 saturated heterocycles. The summed E-state index contributed by atoms with van der Waals surface area (Å²) < 4.78 is 0. The van der Waals surface area contributed by atoms with Gasteiger partial charge in [0.05, 0.1) is 11.6 Å². The van der Waals surface area contributed by atoms with Gasteiger partial charge in [0.15, 0.2) is 0 Å². The maximum Gasteiger partial charge on any atom is 0.251 e. The number of hydrogen-bond acceptors (Lipinski definition) is 5. The topological polar surface area (TPSA) is 102 Å². The predicted octanol–water partition coefficient (Wildman–Crippen LogP) is -0.611. The molecule has 122 valence electrons. The molecule has 0 aromatic heterocycles. The summed E-state index contributed by atoms with van der Waals surface area (Å²) in [6.07, 6.45) is 0. The third kappa shape index (κ3) is 4.28. The van der Waals surface area contributed by atoms with E-state index >= 15 is 0 Å². The summed E-state index contributed by atoms with van der Waals surface area (Å²) in [7, 11) is 2.01. The molecule has 3 N–H and O–H groups in total. The highest BCUT2D eigenvalue weighted by Gasteiger charge is 2.27. The van der Waals surface area contributed by atoms with Crippen molar-refractivity contribution in [1.82, 2.24) is 15.1 Å². The summed E-state index contributed by atoms with van der Waals surface area (Å²) in [4.78, 5) is 28.6. The molecule has 23 heavy (non-hydrogen) atoms. The van der Waals surface area contributed by atoms with E-state index in [-0.39, 0.29) is 18.4 Å². The maximum atomic E-state index is 12.5. The number of hydrogen-bond donors (Lipinski definition) is 2. The summed E-state index contributed by atoms with van der Waals surface area (Å²) in [5.41, 5.74) is 6.54. The average Bonchev–Trinajstić information content (AvgIpc) is 2.59. The van der Waals surface area contributed by atoms with Crippen LogP contribution in [0.25, 0.3) is 0 Å². The molecule has 7 nitrogen and oxygen atoms in total. The standard InChI is InChI=1S/C16H21N5O2/c1-20-6-8-21(9-7-20)16(23)14(11-18)19-15(22)13-4-2-12(10-17)3-5-13/h2-5,14H,6-9,11,18H2,1H3,(H,19,22). The number of carbonyl (C=O) groups excluding carboxylic acids is 2. The van der Waals surface area contributed by atoms with Crippen molar-refractivity contribution in [3.05, 3.63) is 35.4 Å². The third-order valence-electron chi connectivity index (χ3n) is 3.93. The molecule has 0 radical (unpaired) electrons. The molecule has 1 heterocycles. The number of benzene rings is 1. The molecular weight excluding hydrogens is 294 g/mol. The van der Waals surface area contributed by atoms with Gasteiger partial charge in [-0.2, -0.15) is 5.26 Å². The lowest BCUT2D eigenvalue weighted by atomic mass is 10.1. The van der Waals surface area contributed by atoms with Gasteiger partial charge in [-0.05, 0) is 31.3 Å². The smallest absolute Gasteiger partial charge is 0.251 e. The first-order chi connectivity index (χ1) is 11.0. The number of carbonyl (C=O) groups is 2. The predicted molar refractivity (Wildman–Crippen MR) is 85.5 cm³/mol. The van der Waals surface area contributed by atoms with Crippen molar-refractivity contribution in [2.24, 2.45) is 5.73 Å². The van der Waals surface area contributed by atoms with Gasteiger partial charge in [-0.1, -0.05) is 0 Å². The zero-order valence-corrected chi connectivity index (χ0v) is 13.2. The molecule has 2 rings (SSSR count). The van der Waals surface area contributed by atoms with Crippen LogP contribution < -0.4 is 11.1 Å². The molecule has 0 saturated carbocycles. The second-order valence-corrected chi connectivity index (χ2v) is 5.58. The van der Waals surface area contributed by atoms with E-state index in [4.69, 9.17) is 11.0 Å². The van der Waals surface area contributed by atoms with Crippen LogP contribution in [-0.2, 0) is 4.79 Å². The minimum atomic E-state index is -0.735. The van der Waals surface area contributed by atoms with E-state index in [2.05, 4.69) is 10.2 Å². The van der Waals surface area contributed by atoms with E-state index in [1.54, 1.807) is 29.2 Å². The molecule has 1 fully saturated rings. The van der Waals surface area contributed by atoms with Gasteiger partial charge in [0.25, 0.3) is 5.91 Å². The summed E-state index contributed by atoms with van der Waals surface area (Å²) in [5.74, 6) is -0.519. The highest BCUT2D eigenvalue weighted by atomic mass is 16.2. The van der Waals surface area contributed by atoms with Crippen molar-refractivity contribution in [3.63, 3.8) is 0 Å². The lowest BCUT2D eigenvalue weighted by molar-refractivity contribution is -0.134. The SMILES string of the molecule is CN1CCN(C(=O)C(CN)NC(=O)c2ccc(C#N)cc2)CC1. The Labute approximate surface area is 135 Å². The van der Waals surface area contributed by atoms with Gasteiger partial charge in [-0.15, -0.1) is 0 Å². The van der Waals surface area contributed by atoms with Gasteiger partial charge >= 0.3 is 0 Å². The van der Waals surface area contributed by atoms with Crippen molar-refractivity contribution >= 4 is 11.8 Å². The van der Waals surface area contributed by atoms with E-state index in [0.717, 1.165) is 13.1 Å². The van der Waals surface area contributed by atoms with Gasteiger partial charge in [0.1, 0.15) is 6.04 Å². The van der Waals surface area contributed by atoms with E-state index in [1.807, 2.05) is 13.1 Å². The van der Waals surface area contributed by atoms with Crippen molar-refractivity contribution < 1.29 is 9.59 Å². The summed E-state index contributed by atoms with van der Waals surface area (Å²) in [6, 6.07) is 7.50. The monoisotopic (exact) mass is 315 g/mol. The maximum absolute atomic E-state index is 12.5. The number of nitrogens with two attached hydrogens (primary N) is 1. The second kappa shape index (κ2) is 7.72. The minimum Gasteiger partial charge on any atom is -0.339 e. The highest BCUT2D eigenvalue weighted by molar-refractivity contribution is 5.97. The molecule has 7 heteroatoms. The molecule has 0 bridgehead atoms. The Morgan fingerprint density at radius 1 is 1.26 bits per heavy atom. The second-order valence-electron chi connectivity index (χ2n) is 5.58. The molecule has 1 aromatic rings. The molecule has 1 unspecified atom stereocenters. The van der Waals surface area contributed by atoms with Gasteiger partial charge in [-0.3, -0.25) is 9.59 Å². The third-order valence-corrected chi connectivity index (χ3v) is 3.93. The molecule has 1 aromatic carbocycles. The Kier molecular flexibility index (Phi) is 5.68. The fraction of sp³-hybridized carbons (Fsp3) is 0.438. The van der Waals surface area contributed by atoms with E-state index in [9.17, 15) is 9.59 Å². The van der Waals surface area contributed by atoms with Crippen molar-refractivity contribution in [3.8, 4) is 6.07 Å². The van der Waals surface area contributed by atoms with Gasteiger partial charge in [0, 0.05) is 38.3 Å². The molecular formula is C16H21N5O2. The first kappa shape index (κ1) is 16.9. The Morgan fingerprint density at radius 2 is 1.87 bits per heavy atom. The fourth-order valence-corrected chi connectivity index (χ4v) is 2.41. The molecule has 1 aliphatic rings. The zero-order valence-electron chi connectivity index (χ0n) is 13.2. The molecule has 2 amide bonds. The Bertz CT molecular complexity index is 600. The number of amides is 2. The fourth-order valence-electron chi connectivity index (χ4n) is 2.41. The van der Waals surface area contributed by atoms with Crippen molar-refractivity contribution in [2.45, 2.75) is 6.04 Å². The van der Waals surface area contributed by atoms with Crippen LogP contribution in [0.1, 0.15) is 15.9 Å². The molecule has 1 aliphatic heterocycles. The van der Waals surface area contributed by atoms with Crippen LogP contribution in [0.4, 0.5) is 0 Å². The van der Waals surface area contributed by atoms with Crippen molar-refractivity contribution in [2.75, 3.05) is 39.8 Å². The zero-order chi connectivity index (χ0) is 16.8. The van der Waals surface area contributed by atoms with Crippen LogP contribution in [-0.4, -0.2) is 67.4 Å². The van der Waals surface area contributed by atoms with Crippen LogP contribution in [0.15, 0.2) is 24.3 Å². The lowest BCUT2D eigenvalue weighted by Gasteiger charge is -2.34. The number of nitriles is 1. The Balaban J connectivity index is 1.99. The van der Waals surface area contributed by atoms with E-state index in [0.29, 0.717) is 24.2 Å². The minimum absolute atomic E-state index is 0.0488. The first-order valence-corrected chi connectivity index (χ1v) is 7.53. The van der Waals surface area contributed by atoms with E-state index in [1.165, 1.54) is 0 Å². The van der Waals surface area contributed by atoms with Gasteiger partial charge < -0.3 is 20.9 Å². The molecule has 1 atom stereocenters. The molecule has 0 spiro atoms. The van der Waals surface area contributed by atoms with Crippen LogP contribution in [0.5, 0.6) is 0 Å². The number of nitrogens with zero attached hydrogens (tertiary/aromatic N) is 3. The average molecular weight is 315 g/mol. The van der Waals surface area contributed by atoms with Crippen LogP contribution >= 0.6 is 0 Å². The quantitative estimate of drug-likeness (QED) is 0.771. The normalized spacial score (nSPS) is 16.5. The van der Waals surface area contributed by atoms with Crippen LogP contribution in [0.2, 0.25) is 0 Å². The van der Waals surface area contributed by atoms with E-state index < -0.39 is 6.04 Å². The lowest BCUT2D eigenvalue weighted by Crippen LogP contribution is -2.56. The van der Waals surface area contributed by atoms with Crippen LogP contribution in [0, 0.1) is 11.3 Å². The van der Waals surface area contributed by atoms with Gasteiger partial charge in [-0.25, -0.2) is 0 Å². The number of nitrogens with one attached hydrogen (secondary N) is 1. The van der Waals surface area contributed by atoms with Crippen LogP contribution in [0.3, 0.4) is 0 Å². The Hall–Kier alpha value is -2.43. The van der Waals surface area contributed by atoms with Gasteiger partial charge in [0.2, 0.25) is 5.91 Å². The largest absolute Gasteiger partial charge is 0.339 e. The highest BCUT2D eigenvalue weighted by Crippen LogP contribution is 2.06. The molecule has 0 aliphatic carbocycles.